The molecule has 1 aromatic heterocycles. The van der Waals surface area contributed by atoms with Gasteiger partial charge in [-0.15, -0.1) is 0 Å². The van der Waals surface area contributed by atoms with Gasteiger partial charge >= 0.3 is 6.03 Å². The molecule has 1 atom stereocenters. The predicted octanol–water partition coefficient (Wildman–Crippen LogP) is 3.90. The average Bonchev–Trinajstić information content (AvgIpc) is 3.35. The van der Waals surface area contributed by atoms with Crippen LogP contribution in [0.4, 0.5) is 27.9 Å². The SMILES string of the molecule is C[C@@H](Nc1nc(Nc2cccc(NC(=O)N3CC=CC3)c2)ncc1C(N)=O)c1ccccc1. The minimum Gasteiger partial charge on any atom is -0.365 e. The van der Waals surface area contributed by atoms with E-state index in [-0.39, 0.29) is 23.6 Å². The minimum absolute atomic E-state index is 0.106. The number of nitrogens with one attached hydrogen (secondary N) is 3. The molecule has 9 heteroatoms. The molecule has 2 aromatic carbocycles. The maximum Gasteiger partial charge on any atom is 0.322 e. The average molecular weight is 444 g/mol. The number of aromatic nitrogens is 2. The second-order valence-electron chi connectivity index (χ2n) is 7.61. The van der Waals surface area contributed by atoms with Gasteiger partial charge < -0.3 is 26.6 Å². The predicted molar refractivity (Wildman–Crippen MR) is 128 cm³/mol. The van der Waals surface area contributed by atoms with Gasteiger partial charge in [-0.1, -0.05) is 48.6 Å². The molecule has 3 amide bonds. The highest BCUT2D eigenvalue weighted by Crippen LogP contribution is 2.24. The summed E-state index contributed by atoms with van der Waals surface area (Å²) in [6.45, 7) is 3.17. The van der Waals surface area contributed by atoms with E-state index in [9.17, 15) is 9.59 Å². The lowest BCUT2D eigenvalue weighted by atomic mass is 10.1. The number of primary amides is 1. The molecule has 0 radical (unpaired) electrons. The number of benzene rings is 2. The molecule has 0 saturated carbocycles. The van der Waals surface area contributed by atoms with Gasteiger partial charge in [-0.3, -0.25) is 4.79 Å². The van der Waals surface area contributed by atoms with Gasteiger partial charge in [0.05, 0.1) is 5.56 Å². The van der Waals surface area contributed by atoms with Crippen LogP contribution in [0, 0.1) is 0 Å². The lowest BCUT2D eigenvalue weighted by Gasteiger charge is -2.18. The summed E-state index contributed by atoms with van der Waals surface area (Å²) >= 11 is 0. The van der Waals surface area contributed by atoms with E-state index in [2.05, 4.69) is 25.9 Å². The van der Waals surface area contributed by atoms with Crippen molar-refractivity contribution in [1.29, 1.82) is 0 Å². The van der Waals surface area contributed by atoms with Crippen LogP contribution < -0.4 is 21.7 Å². The third-order valence-corrected chi connectivity index (χ3v) is 5.18. The normalized spacial score (nSPS) is 13.4. The van der Waals surface area contributed by atoms with Crippen molar-refractivity contribution in [2.24, 2.45) is 5.73 Å². The minimum atomic E-state index is -0.620. The second kappa shape index (κ2) is 9.82. The van der Waals surface area contributed by atoms with Gasteiger partial charge in [-0.05, 0) is 30.7 Å². The molecule has 1 aliphatic heterocycles. The molecule has 0 saturated heterocycles. The summed E-state index contributed by atoms with van der Waals surface area (Å²) in [7, 11) is 0. The molecule has 0 spiro atoms. The molecule has 0 aliphatic carbocycles. The van der Waals surface area contributed by atoms with Gasteiger partial charge in [-0.25, -0.2) is 9.78 Å². The molecule has 1 aliphatic rings. The quantitative estimate of drug-likeness (QED) is 0.411. The molecule has 5 N–H and O–H groups in total. The van der Waals surface area contributed by atoms with Crippen LogP contribution in [0.2, 0.25) is 0 Å². The number of carbonyl (C=O) groups is 2. The van der Waals surface area contributed by atoms with Gasteiger partial charge in [0.1, 0.15) is 5.82 Å². The molecule has 3 aromatic rings. The number of anilines is 4. The Labute approximate surface area is 191 Å². The Kier molecular flexibility index (Phi) is 6.49. The summed E-state index contributed by atoms with van der Waals surface area (Å²) in [5.41, 5.74) is 8.08. The van der Waals surface area contributed by atoms with Crippen LogP contribution in [0.15, 0.2) is 72.9 Å². The number of nitrogens with zero attached hydrogens (tertiary/aromatic N) is 3. The van der Waals surface area contributed by atoms with E-state index < -0.39 is 5.91 Å². The van der Waals surface area contributed by atoms with E-state index in [4.69, 9.17) is 5.73 Å². The van der Waals surface area contributed by atoms with Gasteiger partial charge in [0.2, 0.25) is 5.95 Å². The number of hydrogen-bond acceptors (Lipinski definition) is 6. The molecule has 0 bridgehead atoms. The third-order valence-electron chi connectivity index (χ3n) is 5.18. The standard InChI is InChI=1S/C24H25N7O2/c1-16(17-8-3-2-4-9-17)27-22-20(21(25)32)15-26-23(30-22)28-18-10-7-11-19(14-18)29-24(33)31-12-5-6-13-31/h2-11,14-16H,12-13H2,1H3,(H2,25,32)(H,29,33)(H2,26,27,28,30)/t16-/m1/s1. The molecule has 33 heavy (non-hydrogen) atoms. The van der Waals surface area contributed by atoms with Crippen LogP contribution in [0.5, 0.6) is 0 Å². The Bertz CT molecular complexity index is 1170. The van der Waals surface area contributed by atoms with E-state index >= 15 is 0 Å². The molecule has 0 unspecified atom stereocenters. The topological polar surface area (TPSA) is 125 Å². The van der Waals surface area contributed by atoms with E-state index in [1.165, 1.54) is 6.20 Å². The number of carbonyl (C=O) groups excluding carboxylic acids is 2. The van der Waals surface area contributed by atoms with Crippen molar-refractivity contribution in [3.8, 4) is 0 Å². The first-order valence-corrected chi connectivity index (χ1v) is 10.6. The molecular formula is C24H25N7O2. The van der Waals surface area contributed by atoms with Crippen molar-refractivity contribution in [3.63, 3.8) is 0 Å². The Morgan fingerprint density at radius 2 is 1.76 bits per heavy atom. The van der Waals surface area contributed by atoms with Crippen LogP contribution in [-0.2, 0) is 0 Å². The highest BCUT2D eigenvalue weighted by Gasteiger charge is 2.16. The number of nitrogens with two attached hydrogens (primary N) is 1. The van der Waals surface area contributed by atoms with Gasteiger partial charge in [0.15, 0.2) is 0 Å². The highest BCUT2D eigenvalue weighted by atomic mass is 16.2. The van der Waals surface area contributed by atoms with E-state index in [0.29, 0.717) is 30.3 Å². The van der Waals surface area contributed by atoms with E-state index in [0.717, 1.165) is 5.56 Å². The third kappa shape index (κ3) is 5.45. The Hall–Kier alpha value is -4.40. The first kappa shape index (κ1) is 21.8. The van der Waals surface area contributed by atoms with Crippen LogP contribution >= 0.6 is 0 Å². The van der Waals surface area contributed by atoms with Crippen molar-refractivity contribution in [2.75, 3.05) is 29.0 Å². The van der Waals surface area contributed by atoms with E-state index in [1.54, 1.807) is 17.0 Å². The maximum absolute atomic E-state index is 12.3. The maximum atomic E-state index is 12.3. The fourth-order valence-corrected chi connectivity index (χ4v) is 3.41. The molecule has 9 nitrogen and oxygen atoms in total. The van der Waals surface area contributed by atoms with Crippen molar-refractivity contribution in [2.45, 2.75) is 13.0 Å². The van der Waals surface area contributed by atoms with Crippen LogP contribution in [0.25, 0.3) is 0 Å². The number of urea groups is 1. The number of rotatable bonds is 7. The zero-order valence-corrected chi connectivity index (χ0v) is 18.2. The summed E-state index contributed by atoms with van der Waals surface area (Å²) in [6, 6.07) is 16.8. The van der Waals surface area contributed by atoms with Gasteiger partial charge in [0.25, 0.3) is 5.91 Å². The zero-order chi connectivity index (χ0) is 23.2. The molecule has 168 valence electrons. The smallest absolute Gasteiger partial charge is 0.322 e. The summed E-state index contributed by atoms with van der Waals surface area (Å²) in [5, 5.41) is 9.24. The summed E-state index contributed by atoms with van der Waals surface area (Å²) in [4.78, 5) is 34.6. The molecule has 4 rings (SSSR count). The van der Waals surface area contributed by atoms with Crippen molar-refractivity contribution in [3.05, 3.63) is 84.1 Å². The van der Waals surface area contributed by atoms with Crippen LogP contribution in [0.3, 0.4) is 0 Å². The lowest BCUT2D eigenvalue weighted by Crippen LogP contribution is -2.32. The summed E-state index contributed by atoms with van der Waals surface area (Å²) < 4.78 is 0. The summed E-state index contributed by atoms with van der Waals surface area (Å²) in [6.07, 6.45) is 5.30. The number of hydrogen-bond donors (Lipinski definition) is 4. The Morgan fingerprint density at radius 3 is 2.48 bits per heavy atom. The number of amides is 3. The van der Waals surface area contributed by atoms with Crippen molar-refractivity contribution < 1.29 is 9.59 Å². The molecular weight excluding hydrogens is 418 g/mol. The summed E-state index contributed by atoms with van der Waals surface area (Å²) in [5.74, 6) is 0.00255. The fraction of sp³-hybridized carbons (Fsp3) is 0.167. The molecule has 2 heterocycles. The van der Waals surface area contributed by atoms with E-state index in [1.807, 2.05) is 61.5 Å². The van der Waals surface area contributed by atoms with Crippen LogP contribution in [0.1, 0.15) is 28.9 Å². The van der Waals surface area contributed by atoms with Gasteiger partial charge in [0, 0.05) is 36.7 Å². The largest absolute Gasteiger partial charge is 0.365 e. The Balaban J connectivity index is 1.50. The fourth-order valence-electron chi connectivity index (χ4n) is 3.41. The lowest BCUT2D eigenvalue weighted by molar-refractivity contribution is 0.100. The van der Waals surface area contributed by atoms with Crippen molar-refractivity contribution >= 4 is 35.1 Å². The van der Waals surface area contributed by atoms with Crippen LogP contribution in [-0.4, -0.2) is 39.9 Å². The Morgan fingerprint density at radius 1 is 1.03 bits per heavy atom. The molecule has 0 fully saturated rings. The first-order valence-electron chi connectivity index (χ1n) is 10.6. The van der Waals surface area contributed by atoms with Crippen molar-refractivity contribution in [1.82, 2.24) is 14.9 Å². The zero-order valence-electron chi connectivity index (χ0n) is 18.2. The van der Waals surface area contributed by atoms with Gasteiger partial charge in [-0.2, -0.15) is 4.98 Å². The highest BCUT2D eigenvalue weighted by molar-refractivity contribution is 5.97. The monoisotopic (exact) mass is 443 g/mol. The second-order valence-corrected chi connectivity index (χ2v) is 7.61. The first-order chi connectivity index (χ1) is 16.0.